The van der Waals surface area contributed by atoms with E-state index in [0.717, 1.165) is 18.4 Å². The number of esters is 1. The zero-order valence-corrected chi connectivity index (χ0v) is 11.4. The lowest BCUT2D eigenvalue weighted by Gasteiger charge is -2.02. The number of benzene rings is 1. The van der Waals surface area contributed by atoms with Gasteiger partial charge in [0.2, 0.25) is 0 Å². The molecule has 4 nitrogen and oxygen atoms in total. The normalized spacial score (nSPS) is 13.1. The molecule has 0 bridgehead atoms. The Labute approximate surface area is 118 Å². The van der Waals surface area contributed by atoms with E-state index in [9.17, 15) is 9.59 Å². The lowest BCUT2D eigenvalue weighted by molar-refractivity contribution is -0.141. The smallest absolute Gasteiger partial charge is 0.317 e. The van der Waals surface area contributed by atoms with Crippen molar-refractivity contribution in [3.8, 4) is 11.8 Å². The second-order valence-corrected chi connectivity index (χ2v) is 4.61. The summed E-state index contributed by atoms with van der Waals surface area (Å²) in [5.41, 5.74) is 1.41. The fraction of sp³-hybridized carbons (Fsp3) is 0.375. The third kappa shape index (κ3) is 4.43. The summed E-state index contributed by atoms with van der Waals surface area (Å²) in [5, 5.41) is 2.93. The molecule has 4 heteroatoms. The van der Waals surface area contributed by atoms with E-state index in [1.165, 1.54) is 0 Å². The molecule has 0 aliphatic heterocycles. The Kier molecular flexibility index (Phi) is 4.78. The van der Waals surface area contributed by atoms with E-state index >= 15 is 0 Å². The van der Waals surface area contributed by atoms with Crippen molar-refractivity contribution in [3.05, 3.63) is 35.4 Å². The van der Waals surface area contributed by atoms with Gasteiger partial charge in [-0.1, -0.05) is 11.8 Å². The first-order valence-corrected chi connectivity index (χ1v) is 6.74. The Balaban J connectivity index is 1.89. The zero-order chi connectivity index (χ0) is 14.4. The molecule has 0 spiro atoms. The molecule has 0 radical (unpaired) electrons. The van der Waals surface area contributed by atoms with Crippen molar-refractivity contribution in [2.24, 2.45) is 0 Å². The van der Waals surface area contributed by atoms with Crippen LogP contribution in [0.1, 0.15) is 42.1 Å². The van der Waals surface area contributed by atoms with Crippen LogP contribution in [0.2, 0.25) is 0 Å². The predicted molar refractivity (Wildman–Crippen MR) is 75.1 cm³/mol. The highest BCUT2D eigenvalue weighted by atomic mass is 16.5. The van der Waals surface area contributed by atoms with Crippen molar-refractivity contribution >= 4 is 11.9 Å². The summed E-state index contributed by atoms with van der Waals surface area (Å²) >= 11 is 0. The van der Waals surface area contributed by atoms with E-state index in [0.29, 0.717) is 18.2 Å². The van der Waals surface area contributed by atoms with Crippen LogP contribution in [-0.2, 0) is 9.53 Å². The highest BCUT2D eigenvalue weighted by molar-refractivity contribution is 5.94. The van der Waals surface area contributed by atoms with E-state index in [1.807, 2.05) is 0 Å². The molecule has 1 amide bonds. The van der Waals surface area contributed by atoms with Crippen LogP contribution in [0.5, 0.6) is 0 Å². The summed E-state index contributed by atoms with van der Waals surface area (Å²) in [6.45, 7) is 2.13. The van der Waals surface area contributed by atoms with Crippen LogP contribution in [0.4, 0.5) is 0 Å². The molecule has 2 rings (SSSR count). The Bertz CT molecular complexity index is 547. The Hall–Kier alpha value is -2.28. The van der Waals surface area contributed by atoms with E-state index < -0.39 is 0 Å². The maximum atomic E-state index is 11.8. The van der Waals surface area contributed by atoms with E-state index in [1.54, 1.807) is 31.2 Å². The molecule has 1 N–H and O–H groups in total. The van der Waals surface area contributed by atoms with Gasteiger partial charge in [-0.2, -0.15) is 0 Å². The average Bonchev–Trinajstić information content (AvgIpc) is 3.24. The van der Waals surface area contributed by atoms with Crippen molar-refractivity contribution in [3.63, 3.8) is 0 Å². The van der Waals surface area contributed by atoms with Crippen LogP contribution in [0.15, 0.2) is 24.3 Å². The first-order valence-electron chi connectivity index (χ1n) is 6.74. The van der Waals surface area contributed by atoms with Gasteiger partial charge >= 0.3 is 5.97 Å². The van der Waals surface area contributed by atoms with Gasteiger partial charge in [-0.05, 0) is 44.0 Å². The van der Waals surface area contributed by atoms with Crippen molar-refractivity contribution in [1.82, 2.24) is 5.32 Å². The van der Waals surface area contributed by atoms with Crippen molar-refractivity contribution < 1.29 is 14.3 Å². The quantitative estimate of drug-likeness (QED) is 0.672. The van der Waals surface area contributed by atoms with Gasteiger partial charge in [-0.15, -0.1) is 0 Å². The maximum Gasteiger partial charge on any atom is 0.317 e. The molecule has 0 heterocycles. The Morgan fingerprint density at radius 2 is 2.00 bits per heavy atom. The molecule has 1 aromatic rings. The Morgan fingerprint density at radius 3 is 2.60 bits per heavy atom. The van der Waals surface area contributed by atoms with Gasteiger partial charge in [0, 0.05) is 17.2 Å². The zero-order valence-electron chi connectivity index (χ0n) is 11.4. The number of hydrogen-bond acceptors (Lipinski definition) is 3. The maximum absolute atomic E-state index is 11.8. The first kappa shape index (κ1) is 14.1. The largest absolute Gasteiger partial charge is 0.465 e. The van der Waals surface area contributed by atoms with E-state index in [2.05, 4.69) is 17.2 Å². The SMILES string of the molecule is CCOC(=O)CC#Cc1ccc(C(=O)NC2CC2)cc1. The van der Waals surface area contributed by atoms with Crippen LogP contribution in [0.25, 0.3) is 0 Å². The molecule has 104 valence electrons. The van der Waals surface area contributed by atoms with E-state index in [4.69, 9.17) is 4.74 Å². The highest BCUT2D eigenvalue weighted by Crippen LogP contribution is 2.19. The molecule has 0 aromatic heterocycles. The molecule has 1 saturated carbocycles. The standard InChI is InChI=1S/C16H17NO3/c1-2-20-15(18)5-3-4-12-6-8-13(9-7-12)16(19)17-14-10-11-14/h6-9,14H,2,5,10-11H2,1H3,(H,17,19). The molecule has 0 unspecified atom stereocenters. The van der Waals surface area contributed by atoms with Crippen LogP contribution >= 0.6 is 0 Å². The summed E-state index contributed by atoms with van der Waals surface area (Å²) in [4.78, 5) is 22.9. The van der Waals surface area contributed by atoms with Gasteiger partial charge in [0.15, 0.2) is 0 Å². The second-order valence-electron chi connectivity index (χ2n) is 4.61. The molecule has 1 fully saturated rings. The molecule has 1 aromatic carbocycles. The van der Waals surface area contributed by atoms with Gasteiger partial charge in [0.1, 0.15) is 6.42 Å². The molecule has 20 heavy (non-hydrogen) atoms. The monoisotopic (exact) mass is 271 g/mol. The first-order chi connectivity index (χ1) is 9.69. The van der Waals surface area contributed by atoms with Gasteiger partial charge in [-0.25, -0.2) is 0 Å². The third-order valence-electron chi connectivity index (χ3n) is 2.83. The third-order valence-corrected chi connectivity index (χ3v) is 2.83. The summed E-state index contributed by atoms with van der Waals surface area (Å²) in [6.07, 6.45) is 2.23. The molecular formula is C16H17NO3. The number of ether oxygens (including phenoxy) is 1. The second kappa shape index (κ2) is 6.76. The minimum Gasteiger partial charge on any atom is -0.465 e. The van der Waals surface area contributed by atoms with Crippen LogP contribution < -0.4 is 5.32 Å². The summed E-state index contributed by atoms with van der Waals surface area (Å²) in [5.74, 6) is 5.26. The fourth-order valence-electron chi connectivity index (χ4n) is 1.63. The Morgan fingerprint density at radius 1 is 1.30 bits per heavy atom. The van der Waals surface area contributed by atoms with Crippen molar-refractivity contribution in [2.45, 2.75) is 32.2 Å². The van der Waals surface area contributed by atoms with Gasteiger partial charge in [-0.3, -0.25) is 9.59 Å². The summed E-state index contributed by atoms with van der Waals surface area (Å²) < 4.78 is 4.78. The number of hydrogen-bond donors (Lipinski definition) is 1. The van der Waals surface area contributed by atoms with Gasteiger partial charge < -0.3 is 10.1 Å². The molecule has 0 saturated heterocycles. The van der Waals surface area contributed by atoms with Crippen molar-refractivity contribution in [2.75, 3.05) is 6.61 Å². The lowest BCUT2D eigenvalue weighted by atomic mass is 10.1. The molecule has 1 aliphatic carbocycles. The number of rotatable bonds is 4. The van der Waals surface area contributed by atoms with Crippen LogP contribution in [-0.4, -0.2) is 24.5 Å². The highest BCUT2D eigenvalue weighted by Gasteiger charge is 2.23. The van der Waals surface area contributed by atoms with Crippen LogP contribution in [0.3, 0.4) is 0 Å². The van der Waals surface area contributed by atoms with Crippen molar-refractivity contribution in [1.29, 1.82) is 0 Å². The van der Waals surface area contributed by atoms with Crippen LogP contribution in [0, 0.1) is 11.8 Å². The molecule has 0 atom stereocenters. The fourth-order valence-corrected chi connectivity index (χ4v) is 1.63. The molecular weight excluding hydrogens is 254 g/mol. The number of carbonyl (C=O) groups excluding carboxylic acids is 2. The summed E-state index contributed by atoms with van der Waals surface area (Å²) in [6, 6.07) is 7.39. The minimum absolute atomic E-state index is 0.0430. The summed E-state index contributed by atoms with van der Waals surface area (Å²) in [7, 11) is 0. The predicted octanol–water partition coefficient (Wildman–Crippen LogP) is 1.88. The number of nitrogens with one attached hydrogen (secondary N) is 1. The topological polar surface area (TPSA) is 55.4 Å². The van der Waals surface area contributed by atoms with E-state index in [-0.39, 0.29) is 18.3 Å². The number of carbonyl (C=O) groups is 2. The number of amides is 1. The van der Waals surface area contributed by atoms with Gasteiger partial charge in [0.05, 0.1) is 6.61 Å². The molecule has 1 aliphatic rings. The lowest BCUT2D eigenvalue weighted by Crippen LogP contribution is -2.25. The average molecular weight is 271 g/mol. The minimum atomic E-state index is -0.319. The van der Waals surface area contributed by atoms with Gasteiger partial charge in [0.25, 0.3) is 5.91 Å².